The van der Waals surface area contributed by atoms with Gasteiger partial charge in [0.05, 0.1) is 0 Å². The zero-order valence-electron chi connectivity index (χ0n) is 33.5. The molecule has 0 saturated carbocycles. The number of piperidine rings is 1. The van der Waals surface area contributed by atoms with E-state index < -0.39 is 42.0 Å². The number of nitrogens with one attached hydrogen (secondary N) is 4. The van der Waals surface area contributed by atoms with Gasteiger partial charge in [-0.25, -0.2) is 4.79 Å². The third-order valence-electron chi connectivity index (χ3n) is 11.2. The number of primary amides is 1. The van der Waals surface area contributed by atoms with Crippen molar-refractivity contribution in [2.75, 3.05) is 13.1 Å². The summed E-state index contributed by atoms with van der Waals surface area (Å²) in [6.45, 7) is 4.39. The Kier molecular flexibility index (Phi) is 12.4. The number of carbonyl (C=O) groups is 3. The molecule has 0 spiro atoms. The lowest BCUT2D eigenvalue weighted by molar-refractivity contribution is -0.137. The fourth-order valence-corrected chi connectivity index (χ4v) is 7.99. The number of aryl methyl sites for hydroxylation is 2. The van der Waals surface area contributed by atoms with Crippen molar-refractivity contribution in [2.24, 2.45) is 17.4 Å². The first-order valence-corrected chi connectivity index (χ1v) is 19.9. The Labute approximate surface area is 347 Å². The van der Waals surface area contributed by atoms with E-state index in [2.05, 4.69) is 32.9 Å². The highest BCUT2D eigenvalue weighted by Gasteiger charge is 2.37. The Hall–Kier alpha value is -7.16. The zero-order chi connectivity index (χ0) is 42.3. The lowest BCUT2D eigenvalue weighted by Gasteiger charge is -2.35. The summed E-state index contributed by atoms with van der Waals surface area (Å²) in [6, 6.07) is 27.2. The topological polar surface area (TPSA) is 239 Å². The Morgan fingerprint density at radius 2 is 1.58 bits per heavy atom. The van der Waals surface area contributed by atoms with E-state index in [0.29, 0.717) is 38.2 Å². The molecule has 0 bridgehead atoms. The maximum atomic E-state index is 14.7. The van der Waals surface area contributed by atoms with Crippen LogP contribution in [0, 0.1) is 25.2 Å². The van der Waals surface area contributed by atoms with Crippen LogP contribution in [0.15, 0.2) is 102 Å². The minimum Gasteiger partial charge on any atom is -0.508 e. The minimum absolute atomic E-state index is 0.0372. The highest BCUT2D eigenvalue weighted by Crippen LogP contribution is 2.28. The molecule has 60 heavy (non-hydrogen) atoms. The molecule has 9 N–H and O–H groups in total. The molecule has 15 heteroatoms. The lowest BCUT2D eigenvalue weighted by Crippen LogP contribution is -2.55. The van der Waals surface area contributed by atoms with E-state index in [1.54, 1.807) is 17.0 Å². The molecule has 0 radical (unpaired) electrons. The molecular weight excluding hydrogens is 763 g/mol. The number of nitrogens with two attached hydrogens (primary N) is 2. The van der Waals surface area contributed by atoms with E-state index in [1.165, 1.54) is 0 Å². The van der Waals surface area contributed by atoms with Gasteiger partial charge >= 0.3 is 6.09 Å². The molecule has 15 nitrogen and oxygen atoms in total. The van der Waals surface area contributed by atoms with Crippen molar-refractivity contribution in [3.05, 3.63) is 137 Å². The number of likely N-dealkylation sites (tertiary alicyclic amines) is 1. The summed E-state index contributed by atoms with van der Waals surface area (Å²) in [5, 5.41) is 29.3. The first-order chi connectivity index (χ1) is 28.9. The molecule has 7 rings (SSSR count). The molecule has 4 aromatic carbocycles. The Morgan fingerprint density at radius 1 is 0.917 bits per heavy atom. The summed E-state index contributed by atoms with van der Waals surface area (Å²) in [5.74, 6) is -1.11. The van der Waals surface area contributed by atoms with Gasteiger partial charge in [-0.05, 0) is 83.8 Å². The number of ether oxygens (including phenoxy) is 1. The average Bonchev–Trinajstić information content (AvgIpc) is 3.88. The second-order valence-corrected chi connectivity index (χ2v) is 15.3. The number of fused-ring (bicyclic) bond motifs is 1. The van der Waals surface area contributed by atoms with E-state index in [-0.39, 0.29) is 30.4 Å². The molecule has 3 heterocycles. The number of guanidine groups is 1. The van der Waals surface area contributed by atoms with Crippen molar-refractivity contribution in [1.29, 1.82) is 5.41 Å². The number of para-hydroxylation sites is 1. The summed E-state index contributed by atoms with van der Waals surface area (Å²) < 4.78 is 11.3. The van der Waals surface area contributed by atoms with Crippen molar-refractivity contribution in [3.8, 4) is 16.9 Å². The van der Waals surface area contributed by atoms with Crippen molar-refractivity contribution < 1.29 is 28.8 Å². The molecule has 3 amide bonds. The molecule has 1 saturated heterocycles. The lowest BCUT2D eigenvalue weighted by atomic mass is 9.90. The first-order valence-electron chi connectivity index (χ1n) is 19.9. The van der Waals surface area contributed by atoms with E-state index >= 15 is 0 Å². The SMILES string of the molecule is Cc1cc(O)cc(C)c1CC(NC(=O)[C@H](OC(N)=O)C1CCN(C(=N)N)CC1)C(=O)N[C@@H](Cc1c[nH]c2ccccc12)c1nc(Cc2ccc(-c3ccccc3)cc2)no1. The monoisotopic (exact) mass is 811 g/mol. The van der Waals surface area contributed by atoms with Gasteiger partial charge in [-0.1, -0.05) is 78.0 Å². The highest BCUT2D eigenvalue weighted by atomic mass is 16.6. The van der Waals surface area contributed by atoms with Crippen molar-refractivity contribution in [3.63, 3.8) is 0 Å². The normalized spacial score (nSPS) is 14.6. The second kappa shape index (κ2) is 18.2. The van der Waals surface area contributed by atoms with Crippen LogP contribution in [-0.4, -0.2) is 74.2 Å². The third kappa shape index (κ3) is 9.74. The molecular formula is C45H49N9O6. The van der Waals surface area contributed by atoms with E-state index in [0.717, 1.165) is 49.8 Å². The van der Waals surface area contributed by atoms with Crippen molar-refractivity contribution in [2.45, 2.75) is 64.1 Å². The number of nitrogens with zero attached hydrogens (tertiary/aromatic N) is 3. The predicted octanol–water partition coefficient (Wildman–Crippen LogP) is 5.33. The minimum atomic E-state index is -1.31. The fraction of sp³-hybridized carbons (Fsp3) is 0.289. The summed E-state index contributed by atoms with van der Waals surface area (Å²) in [6.07, 6.45) is 0.907. The number of benzene rings is 4. The van der Waals surface area contributed by atoms with Gasteiger partial charge in [0.15, 0.2) is 17.9 Å². The van der Waals surface area contributed by atoms with Crippen molar-refractivity contribution >= 4 is 34.8 Å². The van der Waals surface area contributed by atoms with Gasteiger partial charge in [-0.3, -0.25) is 15.0 Å². The highest BCUT2D eigenvalue weighted by molar-refractivity contribution is 5.91. The smallest absolute Gasteiger partial charge is 0.405 e. The molecule has 1 fully saturated rings. The third-order valence-corrected chi connectivity index (χ3v) is 11.2. The van der Waals surface area contributed by atoms with Gasteiger partial charge in [-0.2, -0.15) is 4.98 Å². The quantitative estimate of drug-likeness (QED) is 0.0551. The van der Waals surface area contributed by atoms with Crippen molar-refractivity contribution in [1.82, 2.24) is 30.7 Å². The average molecular weight is 812 g/mol. The summed E-state index contributed by atoms with van der Waals surface area (Å²) in [5.41, 5.74) is 18.3. The maximum Gasteiger partial charge on any atom is 0.405 e. The van der Waals surface area contributed by atoms with E-state index in [1.807, 2.05) is 86.8 Å². The van der Waals surface area contributed by atoms with Crippen LogP contribution in [0.5, 0.6) is 5.75 Å². The summed E-state index contributed by atoms with van der Waals surface area (Å²) in [7, 11) is 0. The number of phenols is 1. The van der Waals surface area contributed by atoms with Crippen LogP contribution in [0.2, 0.25) is 0 Å². The molecule has 310 valence electrons. The number of phenolic OH excluding ortho intramolecular Hbond substituents is 1. The second-order valence-electron chi connectivity index (χ2n) is 15.3. The van der Waals surface area contributed by atoms with Crippen LogP contribution in [0.4, 0.5) is 4.79 Å². The van der Waals surface area contributed by atoms with Gasteiger partial charge < -0.3 is 46.4 Å². The molecule has 1 unspecified atom stereocenters. The molecule has 6 aromatic rings. The molecule has 2 aromatic heterocycles. The number of carbonyl (C=O) groups excluding carboxylic acids is 3. The van der Waals surface area contributed by atoms with Crippen LogP contribution in [-0.2, 0) is 33.6 Å². The Morgan fingerprint density at radius 3 is 2.27 bits per heavy atom. The van der Waals surface area contributed by atoms with Crippen LogP contribution in [0.25, 0.3) is 22.0 Å². The van der Waals surface area contributed by atoms with E-state index in [4.69, 9.17) is 31.1 Å². The van der Waals surface area contributed by atoms with Crippen LogP contribution in [0.3, 0.4) is 0 Å². The van der Waals surface area contributed by atoms with E-state index in [9.17, 15) is 19.5 Å². The van der Waals surface area contributed by atoms with Gasteiger partial charge in [0.25, 0.3) is 5.91 Å². The number of rotatable bonds is 14. The number of aromatic hydroxyl groups is 1. The number of hydrogen-bond acceptors (Lipinski definition) is 9. The standard InChI is InChI=1S/C45H49N9O6/c1-26-20-33(55)21-27(2)35(26)24-37(50-42(57)40(59-45(48)58)31-16-18-54(19-17-31)44(46)47)41(56)51-38(23-32-25-49-36-11-7-6-10-34(32)36)43-52-39(53-60-43)22-28-12-14-30(15-13-28)29-8-4-3-5-9-29/h3-15,20-21,25,31,37-38,40,49,55H,16-19,22-24H2,1-2H3,(H3,46,47)(H2,48,58)(H,50,57)(H,51,56)/t37?,38-,40+/m0/s1. The van der Waals surface area contributed by atoms with Crippen LogP contribution >= 0.6 is 0 Å². The maximum absolute atomic E-state index is 14.7. The van der Waals surface area contributed by atoms with Gasteiger partial charge in [0, 0.05) is 55.4 Å². The number of aromatic amines is 1. The number of H-pyrrole nitrogens is 1. The summed E-state index contributed by atoms with van der Waals surface area (Å²) in [4.78, 5) is 50.7. The molecule has 1 aliphatic heterocycles. The summed E-state index contributed by atoms with van der Waals surface area (Å²) >= 11 is 0. The number of aromatic nitrogens is 3. The van der Waals surface area contributed by atoms with Crippen LogP contribution in [0.1, 0.15) is 58.4 Å². The Balaban J connectivity index is 1.17. The number of hydrogen-bond donors (Lipinski definition) is 7. The molecule has 3 atom stereocenters. The Bertz CT molecular complexity index is 2450. The van der Waals surface area contributed by atoms with Gasteiger partial charge in [-0.15, -0.1) is 0 Å². The molecule has 0 aliphatic carbocycles. The van der Waals surface area contributed by atoms with Gasteiger partial charge in [0.2, 0.25) is 11.8 Å². The predicted molar refractivity (Wildman–Crippen MR) is 226 cm³/mol. The zero-order valence-corrected chi connectivity index (χ0v) is 33.5. The molecule has 1 aliphatic rings. The number of amides is 3. The van der Waals surface area contributed by atoms with Crippen LogP contribution < -0.4 is 22.1 Å². The largest absolute Gasteiger partial charge is 0.508 e. The van der Waals surface area contributed by atoms with Gasteiger partial charge in [0.1, 0.15) is 17.8 Å². The first kappa shape index (κ1) is 41.0. The fourth-order valence-electron chi connectivity index (χ4n) is 7.99.